The van der Waals surface area contributed by atoms with Crippen LogP contribution in [-0.4, -0.2) is 24.7 Å². The van der Waals surface area contributed by atoms with Crippen molar-refractivity contribution in [2.45, 2.75) is 36.6 Å². The fourth-order valence-corrected chi connectivity index (χ4v) is 4.18. The van der Waals surface area contributed by atoms with E-state index in [0.717, 1.165) is 31.7 Å². The molecule has 20 heavy (non-hydrogen) atoms. The summed E-state index contributed by atoms with van der Waals surface area (Å²) in [6.45, 7) is 2.19. The highest BCUT2D eigenvalue weighted by atomic mass is 32.2. The molecule has 3 rings (SSSR count). The second-order valence-corrected chi connectivity index (χ2v) is 6.83. The lowest BCUT2D eigenvalue weighted by Crippen LogP contribution is -2.30. The number of carbonyl (C=O) groups is 1. The Morgan fingerprint density at radius 2 is 2.25 bits per heavy atom. The van der Waals surface area contributed by atoms with Crippen LogP contribution in [0.4, 0.5) is 0 Å². The van der Waals surface area contributed by atoms with Gasteiger partial charge in [0.1, 0.15) is 0 Å². The molecule has 0 saturated carbocycles. The van der Waals surface area contributed by atoms with Crippen LogP contribution < -0.4 is 10.6 Å². The molecular formula is C16H22N2OS. The molecule has 1 aromatic rings. The van der Waals surface area contributed by atoms with Crippen LogP contribution in [0.25, 0.3) is 0 Å². The molecule has 1 saturated heterocycles. The van der Waals surface area contributed by atoms with Gasteiger partial charge in [-0.15, -0.1) is 11.8 Å². The van der Waals surface area contributed by atoms with Crippen molar-refractivity contribution in [3.8, 4) is 0 Å². The third-order valence-corrected chi connectivity index (χ3v) is 5.36. The maximum Gasteiger partial charge on any atom is 0.220 e. The largest absolute Gasteiger partial charge is 0.349 e. The van der Waals surface area contributed by atoms with E-state index in [1.807, 2.05) is 11.8 Å². The van der Waals surface area contributed by atoms with Crippen LogP contribution in [0, 0.1) is 5.92 Å². The van der Waals surface area contributed by atoms with Gasteiger partial charge in [0.25, 0.3) is 0 Å². The average Bonchev–Trinajstić information content (AvgIpc) is 2.99. The van der Waals surface area contributed by atoms with Crippen LogP contribution in [-0.2, 0) is 4.79 Å². The summed E-state index contributed by atoms with van der Waals surface area (Å²) in [5.41, 5.74) is 1.29. The molecule has 4 heteroatoms. The summed E-state index contributed by atoms with van der Waals surface area (Å²) in [5, 5.41) is 6.58. The van der Waals surface area contributed by atoms with E-state index in [9.17, 15) is 4.79 Å². The highest BCUT2D eigenvalue weighted by Crippen LogP contribution is 2.35. The number of amides is 1. The lowest BCUT2D eigenvalue weighted by Gasteiger charge is -2.26. The molecule has 2 aliphatic rings. The fourth-order valence-electron chi connectivity index (χ4n) is 3.05. The highest BCUT2D eigenvalue weighted by Gasteiger charge is 2.22. The molecule has 2 unspecified atom stereocenters. The Morgan fingerprint density at radius 1 is 1.35 bits per heavy atom. The fraction of sp³-hybridized carbons (Fsp3) is 0.562. The van der Waals surface area contributed by atoms with Gasteiger partial charge < -0.3 is 10.6 Å². The topological polar surface area (TPSA) is 41.1 Å². The van der Waals surface area contributed by atoms with Crippen LogP contribution in [0.3, 0.4) is 0 Å². The van der Waals surface area contributed by atoms with Crippen molar-refractivity contribution < 1.29 is 4.79 Å². The number of rotatable bonds is 4. The van der Waals surface area contributed by atoms with Crippen molar-refractivity contribution in [1.29, 1.82) is 0 Å². The number of hydrogen-bond acceptors (Lipinski definition) is 3. The SMILES string of the molecule is O=C(CCC1CCNC1)NC1CCSc2ccccc21. The molecule has 2 atom stereocenters. The number of benzene rings is 1. The molecule has 2 heterocycles. The van der Waals surface area contributed by atoms with Crippen LogP contribution in [0.2, 0.25) is 0 Å². The normalized spacial score (nSPS) is 25.2. The van der Waals surface area contributed by atoms with Crippen LogP contribution >= 0.6 is 11.8 Å². The molecule has 1 aromatic carbocycles. The van der Waals surface area contributed by atoms with Crippen molar-refractivity contribution in [1.82, 2.24) is 10.6 Å². The Bertz CT molecular complexity index is 471. The van der Waals surface area contributed by atoms with Gasteiger partial charge >= 0.3 is 0 Å². The van der Waals surface area contributed by atoms with E-state index in [4.69, 9.17) is 0 Å². The Hall–Kier alpha value is -1.00. The smallest absolute Gasteiger partial charge is 0.220 e. The Labute approximate surface area is 124 Å². The molecule has 0 radical (unpaired) electrons. The quantitative estimate of drug-likeness (QED) is 0.896. The number of nitrogens with one attached hydrogen (secondary N) is 2. The van der Waals surface area contributed by atoms with Crippen molar-refractivity contribution in [3.63, 3.8) is 0 Å². The van der Waals surface area contributed by atoms with E-state index >= 15 is 0 Å². The Morgan fingerprint density at radius 3 is 3.10 bits per heavy atom. The van der Waals surface area contributed by atoms with E-state index in [1.165, 1.54) is 16.9 Å². The first-order valence-corrected chi connectivity index (χ1v) is 8.53. The van der Waals surface area contributed by atoms with Gasteiger partial charge in [0.15, 0.2) is 0 Å². The zero-order chi connectivity index (χ0) is 13.8. The molecule has 108 valence electrons. The van der Waals surface area contributed by atoms with Gasteiger partial charge in [-0.2, -0.15) is 0 Å². The number of fused-ring (bicyclic) bond motifs is 1. The zero-order valence-corrected chi connectivity index (χ0v) is 12.5. The van der Waals surface area contributed by atoms with Crippen LogP contribution in [0.1, 0.15) is 37.3 Å². The van der Waals surface area contributed by atoms with Gasteiger partial charge in [-0.25, -0.2) is 0 Å². The minimum Gasteiger partial charge on any atom is -0.349 e. The molecular weight excluding hydrogens is 268 g/mol. The first-order valence-electron chi connectivity index (χ1n) is 7.55. The summed E-state index contributed by atoms with van der Waals surface area (Å²) in [4.78, 5) is 13.5. The first-order chi connectivity index (χ1) is 9.83. The first kappa shape index (κ1) is 14.0. The molecule has 0 aliphatic carbocycles. The summed E-state index contributed by atoms with van der Waals surface area (Å²) in [7, 11) is 0. The minimum atomic E-state index is 0.210. The maximum absolute atomic E-state index is 12.1. The summed E-state index contributed by atoms with van der Waals surface area (Å²) >= 11 is 1.89. The van der Waals surface area contributed by atoms with Gasteiger partial charge in [-0.1, -0.05) is 18.2 Å². The number of carbonyl (C=O) groups excluding carboxylic acids is 1. The van der Waals surface area contributed by atoms with Crippen molar-refractivity contribution in [2.75, 3.05) is 18.8 Å². The Balaban J connectivity index is 1.54. The van der Waals surface area contributed by atoms with Crippen LogP contribution in [0.5, 0.6) is 0 Å². The van der Waals surface area contributed by atoms with E-state index in [-0.39, 0.29) is 11.9 Å². The van der Waals surface area contributed by atoms with Crippen LogP contribution in [0.15, 0.2) is 29.2 Å². The van der Waals surface area contributed by atoms with Gasteiger partial charge in [-0.3, -0.25) is 4.79 Å². The molecule has 2 N–H and O–H groups in total. The third kappa shape index (κ3) is 3.36. The summed E-state index contributed by atoms with van der Waals surface area (Å²) in [6, 6.07) is 8.65. The lowest BCUT2D eigenvalue weighted by atomic mass is 10.0. The number of hydrogen-bond donors (Lipinski definition) is 2. The molecule has 3 nitrogen and oxygen atoms in total. The van der Waals surface area contributed by atoms with Gasteiger partial charge in [-0.05, 0) is 49.9 Å². The van der Waals surface area contributed by atoms with Gasteiger partial charge in [0.05, 0.1) is 6.04 Å². The third-order valence-electron chi connectivity index (χ3n) is 4.24. The molecule has 1 fully saturated rings. The van der Waals surface area contributed by atoms with E-state index in [1.54, 1.807) is 0 Å². The standard InChI is InChI=1S/C16H22N2OS/c19-16(6-5-12-7-9-17-11-12)18-14-8-10-20-15-4-2-1-3-13(14)15/h1-4,12,14,17H,5-11H2,(H,18,19). The van der Waals surface area contributed by atoms with E-state index < -0.39 is 0 Å². The molecule has 1 amide bonds. The summed E-state index contributed by atoms with van der Waals surface area (Å²) in [6.07, 6.45) is 3.94. The lowest BCUT2D eigenvalue weighted by molar-refractivity contribution is -0.122. The predicted molar refractivity (Wildman–Crippen MR) is 82.9 cm³/mol. The van der Waals surface area contributed by atoms with Gasteiger partial charge in [0.2, 0.25) is 5.91 Å². The van der Waals surface area contributed by atoms with Crippen molar-refractivity contribution in [2.24, 2.45) is 5.92 Å². The van der Waals surface area contributed by atoms with E-state index in [2.05, 4.69) is 34.9 Å². The Kier molecular flexibility index (Phi) is 4.63. The van der Waals surface area contributed by atoms with Crippen molar-refractivity contribution in [3.05, 3.63) is 29.8 Å². The van der Waals surface area contributed by atoms with Crippen molar-refractivity contribution >= 4 is 17.7 Å². The molecule has 0 bridgehead atoms. The molecule has 2 aliphatic heterocycles. The second-order valence-electron chi connectivity index (χ2n) is 5.69. The molecule has 0 aromatic heterocycles. The van der Waals surface area contributed by atoms with Gasteiger partial charge in [0, 0.05) is 17.1 Å². The average molecular weight is 290 g/mol. The minimum absolute atomic E-state index is 0.210. The second kappa shape index (κ2) is 6.64. The predicted octanol–water partition coefficient (Wildman–Crippen LogP) is 2.73. The number of thioether (sulfide) groups is 1. The molecule has 0 spiro atoms. The summed E-state index contributed by atoms with van der Waals surface area (Å²) in [5.74, 6) is 1.99. The monoisotopic (exact) mass is 290 g/mol. The maximum atomic E-state index is 12.1. The van der Waals surface area contributed by atoms with E-state index in [0.29, 0.717) is 12.3 Å². The highest BCUT2D eigenvalue weighted by molar-refractivity contribution is 7.99. The summed E-state index contributed by atoms with van der Waals surface area (Å²) < 4.78 is 0. The zero-order valence-electron chi connectivity index (χ0n) is 11.7.